The Bertz CT molecular complexity index is 1500. The summed E-state index contributed by atoms with van der Waals surface area (Å²) < 4.78 is 4.90. The molecule has 0 fully saturated rings. The second-order valence-corrected chi connectivity index (χ2v) is 7.75. The summed E-state index contributed by atoms with van der Waals surface area (Å²) in [6.07, 6.45) is 0. The van der Waals surface area contributed by atoms with Crippen LogP contribution in [-0.4, -0.2) is 40.9 Å². The van der Waals surface area contributed by atoms with Gasteiger partial charge in [-0.15, -0.1) is 10.2 Å². The summed E-state index contributed by atoms with van der Waals surface area (Å²) in [7, 11) is 0. The predicted octanol–water partition coefficient (Wildman–Crippen LogP) is 5.27. The van der Waals surface area contributed by atoms with E-state index in [0.717, 1.165) is 15.7 Å². The molecule has 0 unspecified atom stereocenters. The minimum atomic E-state index is -0.652. The van der Waals surface area contributed by atoms with E-state index in [0.29, 0.717) is 33.3 Å². The van der Waals surface area contributed by atoms with E-state index in [1.54, 1.807) is 49.4 Å². The van der Waals surface area contributed by atoms with Crippen molar-refractivity contribution >= 4 is 50.7 Å². The first-order chi connectivity index (χ1) is 16.5. The van der Waals surface area contributed by atoms with Crippen LogP contribution in [0.15, 0.2) is 77.0 Å². The van der Waals surface area contributed by atoms with Gasteiger partial charge in [-0.25, -0.2) is 0 Å². The van der Waals surface area contributed by atoms with Gasteiger partial charge in [-0.2, -0.15) is 0 Å². The lowest BCUT2D eigenvalue weighted by atomic mass is 9.93. The lowest BCUT2D eigenvalue weighted by Gasteiger charge is -2.26. The fourth-order valence-electron chi connectivity index (χ4n) is 4.10. The standard InChI is InChI=1S/C26H19N3O5/c1-2-34-23(31)14-29-25(32)18-9-5-8-17-20(11-10-19(24(17)18)26(29)33)27-28-21-12-15-6-3-4-7-16(15)13-22(21)30/h3-13,30H,2,14H2,1H3. The third-order valence-electron chi connectivity index (χ3n) is 5.67. The van der Waals surface area contributed by atoms with Gasteiger partial charge in [0.25, 0.3) is 11.8 Å². The Morgan fingerprint density at radius 3 is 2.29 bits per heavy atom. The fraction of sp³-hybridized carbons (Fsp3) is 0.115. The number of imide groups is 1. The fourth-order valence-corrected chi connectivity index (χ4v) is 4.10. The first-order valence-electron chi connectivity index (χ1n) is 10.7. The Hall–Kier alpha value is -4.59. The number of amides is 2. The number of carbonyl (C=O) groups excluding carboxylic acids is 3. The number of benzene rings is 4. The number of phenolic OH excluding ortho intramolecular Hbond substituents is 1. The monoisotopic (exact) mass is 453 g/mol. The van der Waals surface area contributed by atoms with Crippen LogP contribution in [0.3, 0.4) is 0 Å². The number of fused-ring (bicyclic) bond motifs is 1. The number of aromatic hydroxyl groups is 1. The quantitative estimate of drug-likeness (QED) is 0.251. The van der Waals surface area contributed by atoms with Gasteiger partial charge in [0, 0.05) is 21.9 Å². The highest BCUT2D eigenvalue weighted by Crippen LogP contribution is 2.38. The first kappa shape index (κ1) is 21.3. The topological polar surface area (TPSA) is 109 Å². The Balaban J connectivity index is 1.56. The van der Waals surface area contributed by atoms with Crippen LogP contribution in [0.4, 0.5) is 11.4 Å². The van der Waals surface area contributed by atoms with Gasteiger partial charge in [-0.3, -0.25) is 19.3 Å². The lowest BCUT2D eigenvalue weighted by Crippen LogP contribution is -2.43. The molecule has 8 nitrogen and oxygen atoms in total. The lowest BCUT2D eigenvalue weighted by molar-refractivity contribution is -0.143. The molecule has 1 N–H and O–H groups in total. The normalized spacial score (nSPS) is 13.3. The van der Waals surface area contributed by atoms with E-state index in [-0.39, 0.29) is 12.4 Å². The van der Waals surface area contributed by atoms with Crippen molar-refractivity contribution in [2.45, 2.75) is 6.92 Å². The molecule has 0 radical (unpaired) electrons. The highest BCUT2D eigenvalue weighted by Gasteiger charge is 2.34. The van der Waals surface area contributed by atoms with Crippen LogP contribution in [0.25, 0.3) is 21.5 Å². The van der Waals surface area contributed by atoms with Gasteiger partial charge >= 0.3 is 5.97 Å². The van der Waals surface area contributed by atoms with E-state index in [9.17, 15) is 19.5 Å². The molecule has 4 aromatic carbocycles. The SMILES string of the molecule is CCOC(=O)CN1C(=O)c2cccc3c(N=Nc4cc5ccccc5cc4O)ccc(c23)C1=O. The van der Waals surface area contributed by atoms with E-state index in [1.807, 2.05) is 24.3 Å². The second kappa shape index (κ2) is 8.40. The van der Waals surface area contributed by atoms with Crippen molar-refractivity contribution in [1.29, 1.82) is 0 Å². The molecule has 0 saturated heterocycles. The van der Waals surface area contributed by atoms with Crippen LogP contribution in [0.1, 0.15) is 27.6 Å². The summed E-state index contributed by atoms with van der Waals surface area (Å²) in [5, 5.41) is 21.7. The number of ether oxygens (including phenoxy) is 1. The molecule has 4 aromatic rings. The molecule has 2 amide bonds. The van der Waals surface area contributed by atoms with Crippen molar-refractivity contribution in [1.82, 2.24) is 4.90 Å². The maximum absolute atomic E-state index is 13.0. The maximum Gasteiger partial charge on any atom is 0.326 e. The van der Waals surface area contributed by atoms with Crippen molar-refractivity contribution < 1.29 is 24.2 Å². The van der Waals surface area contributed by atoms with Crippen LogP contribution in [0, 0.1) is 0 Å². The van der Waals surface area contributed by atoms with Gasteiger partial charge in [0.1, 0.15) is 18.0 Å². The largest absolute Gasteiger partial charge is 0.506 e. The Morgan fingerprint density at radius 2 is 1.56 bits per heavy atom. The van der Waals surface area contributed by atoms with Gasteiger partial charge in [-0.1, -0.05) is 36.4 Å². The third-order valence-corrected chi connectivity index (χ3v) is 5.67. The van der Waals surface area contributed by atoms with Gasteiger partial charge in [0.2, 0.25) is 0 Å². The third kappa shape index (κ3) is 3.55. The molecule has 1 heterocycles. The van der Waals surface area contributed by atoms with Gasteiger partial charge in [0.15, 0.2) is 0 Å². The number of hydrogen-bond donors (Lipinski definition) is 1. The van der Waals surface area contributed by atoms with Crippen molar-refractivity contribution in [3.8, 4) is 5.75 Å². The zero-order valence-electron chi connectivity index (χ0n) is 18.2. The Kier molecular flexibility index (Phi) is 5.25. The second-order valence-electron chi connectivity index (χ2n) is 7.75. The molecule has 1 aliphatic rings. The van der Waals surface area contributed by atoms with E-state index in [4.69, 9.17) is 4.74 Å². The predicted molar refractivity (Wildman–Crippen MR) is 126 cm³/mol. The van der Waals surface area contributed by atoms with Crippen LogP contribution < -0.4 is 0 Å². The summed E-state index contributed by atoms with van der Waals surface area (Å²) in [6, 6.07) is 19.2. The van der Waals surface area contributed by atoms with Crippen molar-refractivity contribution in [3.63, 3.8) is 0 Å². The average molecular weight is 453 g/mol. The zero-order chi connectivity index (χ0) is 23.8. The van der Waals surface area contributed by atoms with E-state index >= 15 is 0 Å². The number of azo groups is 1. The molecule has 168 valence electrons. The molecule has 8 heteroatoms. The molecule has 0 spiro atoms. The van der Waals surface area contributed by atoms with Crippen LogP contribution in [-0.2, 0) is 9.53 Å². The van der Waals surface area contributed by atoms with Crippen molar-refractivity contribution in [3.05, 3.63) is 77.9 Å². The molecule has 0 bridgehead atoms. The Morgan fingerprint density at radius 1 is 0.882 bits per heavy atom. The highest BCUT2D eigenvalue weighted by atomic mass is 16.5. The number of nitrogens with zero attached hydrogens (tertiary/aromatic N) is 3. The van der Waals surface area contributed by atoms with Crippen molar-refractivity contribution in [2.24, 2.45) is 10.2 Å². The minimum absolute atomic E-state index is 0.00913. The molecule has 5 rings (SSSR count). The summed E-state index contributed by atoms with van der Waals surface area (Å²) in [4.78, 5) is 38.9. The number of carbonyl (C=O) groups is 3. The smallest absolute Gasteiger partial charge is 0.326 e. The molecule has 1 aliphatic heterocycles. The molecular weight excluding hydrogens is 434 g/mol. The number of esters is 1. The van der Waals surface area contributed by atoms with Gasteiger partial charge in [0.05, 0.1) is 12.3 Å². The summed E-state index contributed by atoms with van der Waals surface area (Å²) in [6.45, 7) is 1.36. The molecule has 34 heavy (non-hydrogen) atoms. The van der Waals surface area contributed by atoms with E-state index in [2.05, 4.69) is 10.2 Å². The van der Waals surface area contributed by atoms with Crippen molar-refractivity contribution in [2.75, 3.05) is 13.2 Å². The maximum atomic E-state index is 13.0. The van der Waals surface area contributed by atoms with Gasteiger partial charge < -0.3 is 9.84 Å². The summed E-state index contributed by atoms with van der Waals surface area (Å²) in [5.41, 5.74) is 1.32. The average Bonchev–Trinajstić information content (AvgIpc) is 2.84. The molecule has 0 aromatic heterocycles. The van der Waals surface area contributed by atoms with Crippen LogP contribution in [0.5, 0.6) is 5.75 Å². The zero-order valence-corrected chi connectivity index (χ0v) is 18.2. The molecular formula is C26H19N3O5. The molecule has 0 aliphatic carbocycles. The van der Waals surface area contributed by atoms with Gasteiger partial charge in [-0.05, 0) is 48.0 Å². The minimum Gasteiger partial charge on any atom is -0.506 e. The van der Waals surface area contributed by atoms with E-state index < -0.39 is 24.3 Å². The molecule has 0 atom stereocenters. The Labute approximate surface area is 194 Å². The number of rotatable bonds is 5. The highest BCUT2D eigenvalue weighted by molar-refractivity contribution is 6.27. The van der Waals surface area contributed by atoms with E-state index in [1.165, 1.54) is 0 Å². The summed E-state index contributed by atoms with van der Waals surface area (Å²) >= 11 is 0. The van der Waals surface area contributed by atoms with Crippen LogP contribution >= 0.6 is 0 Å². The molecule has 0 saturated carbocycles. The first-order valence-corrected chi connectivity index (χ1v) is 10.7. The number of hydrogen-bond acceptors (Lipinski definition) is 7. The number of phenols is 1. The summed E-state index contributed by atoms with van der Waals surface area (Å²) in [5.74, 6) is -1.81. The van der Waals surface area contributed by atoms with Crippen LogP contribution in [0.2, 0.25) is 0 Å².